The molecule has 1 N–H and O–H groups in total. The molecule has 1 atom stereocenters. The van der Waals surface area contributed by atoms with Crippen molar-refractivity contribution in [1.82, 2.24) is 15.1 Å². The van der Waals surface area contributed by atoms with Crippen LogP contribution in [-0.2, 0) is 13.5 Å². The molecule has 2 heterocycles. The second-order valence-electron chi connectivity index (χ2n) is 4.34. The van der Waals surface area contributed by atoms with E-state index in [-0.39, 0.29) is 0 Å². The summed E-state index contributed by atoms with van der Waals surface area (Å²) in [5.74, 6) is 0.816. The lowest BCUT2D eigenvalue weighted by molar-refractivity contribution is 0.576. The summed E-state index contributed by atoms with van der Waals surface area (Å²) in [4.78, 5) is 0. The predicted octanol–water partition coefficient (Wildman–Crippen LogP) is 1.19. The summed E-state index contributed by atoms with van der Waals surface area (Å²) < 4.78 is 1.99. The Morgan fingerprint density at radius 2 is 2.29 bits per heavy atom. The molecule has 0 radical (unpaired) electrons. The van der Waals surface area contributed by atoms with Crippen molar-refractivity contribution < 1.29 is 0 Å². The van der Waals surface area contributed by atoms with Gasteiger partial charge >= 0.3 is 0 Å². The van der Waals surface area contributed by atoms with Gasteiger partial charge in [-0.1, -0.05) is 0 Å². The summed E-state index contributed by atoms with van der Waals surface area (Å²) in [6.45, 7) is 6.64. The molecular weight excluding hydrogens is 174 g/mol. The molecule has 1 unspecified atom stereocenters. The van der Waals surface area contributed by atoms with Crippen molar-refractivity contribution in [2.45, 2.75) is 26.7 Å². The Morgan fingerprint density at radius 3 is 2.79 bits per heavy atom. The minimum absolute atomic E-state index is 0.816. The minimum atomic E-state index is 0.816. The van der Waals surface area contributed by atoms with Gasteiger partial charge in [0.25, 0.3) is 0 Å². The molecule has 0 bridgehead atoms. The SMILES string of the molecule is Cc1nn(C)c(C)c1CC1CCNC1. The van der Waals surface area contributed by atoms with Crippen LogP contribution in [0.25, 0.3) is 0 Å². The maximum Gasteiger partial charge on any atom is 0.0628 e. The fourth-order valence-electron chi connectivity index (χ4n) is 2.29. The number of nitrogens with one attached hydrogen (secondary N) is 1. The second-order valence-corrected chi connectivity index (χ2v) is 4.34. The van der Waals surface area contributed by atoms with E-state index < -0.39 is 0 Å². The molecule has 0 amide bonds. The molecule has 0 aliphatic carbocycles. The van der Waals surface area contributed by atoms with Gasteiger partial charge in [-0.2, -0.15) is 5.10 Å². The fraction of sp³-hybridized carbons (Fsp3) is 0.727. The summed E-state index contributed by atoms with van der Waals surface area (Å²) in [6.07, 6.45) is 2.51. The Kier molecular flexibility index (Phi) is 2.59. The van der Waals surface area contributed by atoms with Gasteiger partial charge in [0.1, 0.15) is 0 Å². The van der Waals surface area contributed by atoms with E-state index in [0.29, 0.717) is 0 Å². The highest BCUT2D eigenvalue weighted by Gasteiger charge is 2.18. The quantitative estimate of drug-likeness (QED) is 0.764. The van der Waals surface area contributed by atoms with Crippen molar-refractivity contribution in [3.8, 4) is 0 Å². The smallest absolute Gasteiger partial charge is 0.0628 e. The van der Waals surface area contributed by atoms with Gasteiger partial charge in [-0.15, -0.1) is 0 Å². The van der Waals surface area contributed by atoms with Gasteiger partial charge in [-0.25, -0.2) is 0 Å². The number of hydrogen-bond acceptors (Lipinski definition) is 2. The standard InChI is InChI=1S/C11H19N3/c1-8-11(9(2)14(3)13-8)6-10-4-5-12-7-10/h10,12H,4-7H2,1-3H3. The predicted molar refractivity (Wildman–Crippen MR) is 57.4 cm³/mol. The van der Waals surface area contributed by atoms with Crippen molar-refractivity contribution in [3.63, 3.8) is 0 Å². The van der Waals surface area contributed by atoms with Crippen LogP contribution in [0.1, 0.15) is 23.4 Å². The Hall–Kier alpha value is -0.830. The van der Waals surface area contributed by atoms with Crippen LogP contribution in [0.4, 0.5) is 0 Å². The van der Waals surface area contributed by atoms with E-state index >= 15 is 0 Å². The first-order valence-corrected chi connectivity index (χ1v) is 5.38. The highest BCUT2D eigenvalue weighted by atomic mass is 15.3. The number of rotatable bonds is 2. The van der Waals surface area contributed by atoms with Crippen LogP contribution in [0.5, 0.6) is 0 Å². The average Bonchev–Trinajstić information content (AvgIpc) is 2.71. The van der Waals surface area contributed by atoms with Crippen LogP contribution >= 0.6 is 0 Å². The third-order valence-corrected chi connectivity index (χ3v) is 3.31. The maximum absolute atomic E-state index is 4.45. The van der Waals surface area contributed by atoms with Crippen molar-refractivity contribution in [3.05, 3.63) is 17.0 Å². The first-order valence-electron chi connectivity index (χ1n) is 5.38. The number of nitrogens with zero attached hydrogens (tertiary/aromatic N) is 2. The normalized spacial score (nSPS) is 21.8. The molecule has 14 heavy (non-hydrogen) atoms. The summed E-state index contributed by atoms with van der Waals surface area (Å²) in [6, 6.07) is 0. The zero-order valence-corrected chi connectivity index (χ0v) is 9.30. The van der Waals surface area contributed by atoms with Gasteiger partial charge in [0, 0.05) is 12.7 Å². The molecule has 1 aromatic rings. The molecule has 3 nitrogen and oxygen atoms in total. The third-order valence-electron chi connectivity index (χ3n) is 3.31. The van der Waals surface area contributed by atoms with E-state index in [0.717, 1.165) is 5.92 Å². The summed E-state index contributed by atoms with van der Waals surface area (Å²) in [5, 5.41) is 7.86. The highest BCUT2D eigenvalue weighted by molar-refractivity contribution is 5.25. The van der Waals surface area contributed by atoms with Crippen LogP contribution in [0.3, 0.4) is 0 Å². The first-order chi connectivity index (χ1) is 6.68. The third kappa shape index (κ3) is 1.69. The fourth-order valence-corrected chi connectivity index (χ4v) is 2.29. The van der Waals surface area contributed by atoms with Crippen molar-refractivity contribution in [1.29, 1.82) is 0 Å². The Labute approximate surface area is 85.5 Å². The van der Waals surface area contributed by atoms with Crippen LogP contribution in [0, 0.1) is 19.8 Å². The van der Waals surface area contributed by atoms with E-state index in [1.54, 1.807) is 0 Å². The number of hydrogen-bond donors (Lipinski definition) is 1. The summed E-state index contributed by atoms with van der Waals surface area (Å²) in [5.41, 5.74) is 3.99. The van der Waals surface area contributed by atoms with Gasteiger partial charge in [0.15, 0.2) is 0 Å². The number of aromatic nitrogens is 2. The molecule has 1 aromatic heterocycles. The molecule has 0 spiro atoms. The maximum atomic E-state index is 4.45. The molecule has 3 heteroatoms. The molecule has 78 valence electrons. The lowest BCUT2D eigenvalue weighted by atomic mass is 9.97. The van der Waals surface area contributed by atoms with Gasteiger partial charge in [0.05, 0.1) is 5.69 Å². The molecule has 1 aliphatic rings. The molecular formula is C11H19N3. The lowest BCUT2D eigenvalue weighted by Gasteiger charge is -2.08. The van der Waals surface area contributed by atoms with Gasteiger partial charge in [-0.3, -0.25) is 4.68 Å². The van der Waals surface area contributed by atoms with E-state index in [2.05, 4.69) is 24.3 Å². The monoisotopic (exact) mass is 193 g/mol. The van der Waals surface area contributed by atoms with Crippen LogP contribution in [-0.4, -0.2) is 22.9 Å². The molecule has 0 saturated carbocycles. The summed E-state index contributed by atoms with van der Waals surface area (Å²) >= 11 is 0. The second kappa shape index (κ2) is 3.73. The van der Waals surface area contributed by atoms with Crippen molar-refractivity contribution in [2.75, 3.05) is 13.1 Å². The zero-order chi connectivity index (χ0) is 10.1. The molecule has 0 aromatic carbocycles. The van der Waals surface area contributed by atoms with E-state index in [9.17, 15) is 0 Å². The van der Waals surface area contributed by atoms with Crippen LogP contribution < -0.4 is 5.32 Å². The highest BCUT2D eigenvalue weighted by Crippen LogP contribution is 2.20. The molecule has 2 rings (SSSR count). The minimum Gasteiger partial charge on any atom is -0.316 e. The van der Waals surface area contributed by atoms with E-state index in [4.69, 9.17) is 0 Å². The number of aryl methyl sites for hydroxylation is 2. The topological polar surface area (TPSA) is 29.9 Å². The van der Waals surface area contributed by atoms with E-state index in [1.807, 2.05) is 11.7 Å². The average molecular weight is 193 g/mol. The molecule has 1 aliphatic heterocycles. The van der Waals surface area contributed by atoms with Gasteiger partial charge in [0.2, 0.25) is 0 Å². The van der Waals surface area contributed by atoms with E-state index in [1.165, 1.54) is 42.9 Å². The Bertz CT molecular complexity index is 322. The van der Waals surface area contributed by atoms with Crippen LogP contribution in [0.2, 0.25) is 0 Å². The van der Waals surface area contributed by atoms with Crippen LogP contribution in [0.15, 0.2) is 0 Å². The van der Waals surface area contributed by atoms with Gasteiger partial charge < -0.3 is 5.32 Å². The molecule has 1 fully saturated rings. The first kappa shape index (κ1) is 9.71. The lowest BCUT2D eigenvalue weighted by Crippen LogP contribution is -2.11. The van der Waals surface area contributed by atoms with Gasteiger partial charge in [-0.05, 0) is 51.3 Å². The zero-order valence-electron chi connectivity index (χ0n) is 9.30. The largest absolute Gasteiger partial charge is 0.316 e. The molecule has 1 saturated heterocycles. The van der Waals surface area contributed by atoms with Crippen molar-refractivity contribution >= 4 is 0 Å². The Morgan fingerprint density at radius 1 is 1.50 bits per heavy atom. The Balaban J connectivity index is 2.14. The summed E-state index contributed by atoms with van der Waals surface area (Å²) in [7, 11) is 2.03. The van der Waals surface area contributed by atoms with Crippen molar-refractivity contribution in [2.24, 2.45) is 13.0 Å².